The minimum absolute atomic E-state index is 0.848. The summed E-state index contributed by atoms with van der Waals surface area (Å²) in [5.41, 5.74) is 4.86. The van der Waals surface area contributed by atoms with Gasteiger partial charge in [-0.15, -0.1) is 0 Å². The average Bonchev–Trinajstić information content (AvgIpc) is 2.46. The topological polar surface area (TPSA) is 12.0 Å². The Morgan fingerprint density at radius 1 is 0.944 bits per heavy atom. The van der Waals surface area contributed by atoms with Crippen molar-refractivity contribution >= 4 is 5.69 Å². The predicted molar refractivity (Wildman–Crippen MR) is 79.8 cm³/mol. The summed E-state index contributed by atoms with van der Waals surface area (Å²) in [7, 11) is 0. The Morgan fingerprint density at radius 2 is 1.56 bits per heavy atom. The fraction of sp³-hybridized carbons (Fsp3) is 0.176. The lowest BCUT2D eigenvalue weighted by Crippen LogP contribution is -2.02. The molecule has 0 aliphatic carbocycles. The van der Waals surface area contributed by atoms with Crippen LogP contribution < -0.4 is 5.32 Å². The highest BCUT2D eigenvalue weighted by Gasteiger charge is 1.97. The minimum Gasteiger partial charge on any atom is -0.381 e. The summed E-state index contributed by atoms with van der Waals surface area (Å²) in [6, 6.07) is 18.9. The van der Waals surface area contributed by atoms with Crippen LogP contribution in [-0.2, 0) is 0 Å². The van der Waals surface area contributed by atoms with E-state index in [9.17, 15) is 0 Å². The molecule has 0 saturated heterocycles. The molecule has 0 amide bonds. The van der Waals surface area contributed by atoms with Gasteiger partial charge < -0.3 is 5.32 Å². The molecule has 2 aromatic rings. The predicted octanol–water partition coefficient (Wildman–Crippen LogP) is 4.73. The summed E-state index contributed by atoms with van der Waals surface area (Å²) in [6.45, 7) is 6.97. The number of nitrogens with one attached hydrogen (secondary N) is 1. The van der Waals surface area contributed by atoms with Crippen LogP contribution in [0.4, 0.5) is 5.69 Å². The third-order valence-electron chi connectivity index (χ3n) is 3.03. The Kier molecular flexibility index (Phi) is 4.19. The SMILES string of the molecule is C=C(CC)CNc1ccc(-c2ccccc2)cc1. The second-order valence-electron chi connectivity index (χ2n) is 4.40. The molecule has 0 radical (unpaired) electrons. The molecule has 18 heavy (non-hydrogen) atoms. The highest BCUT2D eigenvalue weighted by molar-refractivity contribution is 5.65. The first kappa shape index (κ1) is 12.4. The number of rotatable bonds is 5. The zero-order valence-corrected chi connectivity index (χ0v) is 10.8. The normalized spacial score (nSPS) is 10.1. The van der Waals surface area contributed by atoms with Gasteiger partial charge >= 0.3 is 0 Å². The van der Waals surface area contributed by atoms with Gasteiger partial charge in [0.25, 0.3) is 0 Å². The van der Waals surface area contributed by atoms with Crippen molar-refractivity contribution in [1.82, 2.24) is 0 Å². The van der Waals surface area contributed by atoms with Crippen LogP contribution in [0.25, 0.3) is 11.1 Å². The van der Waals surface area contributed by atoms with Crippen molar-refractivity contribution in [3.05, 3.63) is 66.7 Å². The van der Waals surface area contributed by atoms with E-state index in [0.717, 1.165) is 18.7 Å². The number of benzene rings is 2. The van der Waals surface area contributed by atoms with Crippen LogP contribution in [0.15, 0.2) is 66.7 Å². The summed E-state index contributed by atoms with van der Waals surface area (Å²) in [5, 5.41) is 3.37. The van der Waals surface area contributed by atoms with E-state index in [1.807, 2.05) is 6.07 Å². The van der Waals surface area contributed by atoms with Crippen LogP contribution in [-0.4, -0.2) is 6.54 Å². The van der Waals surface area contributed by atoms with Crippen molar-refractivity contribution in [3.8, 4) is 11.1 Å². The summed E-state index contributed by atoms with van der Waals surface area (Å²) in [5.74, 6) is 0. The Bertz CT molecular complexity index is 497. The maximum absolute atomic E-state index is 3.99. The molecule has 0 aliphatic heterocycles. The van der Waals surface area contributed by atoms with Crippen molar-refractivity contribution in [1.29, 1.82) is 0 Å². The van der Waals surface area contributed by atoms with E-state index in [-0.39, 0.29) is 0 Å². The smallest absolute Gasteiger partial charge is 0.0357 e. The second-order valence-corrected chi connectivity index (χ2v) is 4.40. The van der Waals surface area contributed by atoms with Gasteiger partial charge in [-0.2, -0.15) is 0 Å². The molecule has 1 N–H and O–H groups in total. The third-order valence-corrected chi connectivity index (χ3v) is 3.03. The lowest BCUT2D eigenvalue weighted by molar-refractivity contribution is 1.05. The summed E-state index contributed by atoms with van der Waals surface area (Å²) >= 11 is 0. The molecule has 0 fully saturated rings. The summed E-state index contributed by atoms with van der Waals surface area (Å²) in [6.07, 6.45) is 1.02. The quantitative estimate of drug-likeness (QED) is 0.741. The van der Waals surface area contributed by atoms with E-state index in [1.165, 1.54) is 16.7 Å². The lowest BCUT2D eigenvalue weighted by atomic mass is 10.1. The van der Waals surface area contributed by atoms with Gasteiger partial charge in [0.15, 0.2) is 0 Å². The van der Waals surface area contributed by atoms with Crippen molar-refractivity contribution in [2.75, 3.05) is 11.9 Å². The summed E-state index contributed by atoms with van der Waals surface area (Å²) < 4.78 is 0. The molecule has 0 bridgehead atoms. The molecule has 0 aromatic heterocycles. The molecule has 0 heterocycles. The number of hydrogen-bond acceptors (Lipinski definition) is 1. The van der Waals surface area contributed by atoms with Gasteiger partial charge in [0, 0.05) is 12.2 Å². The van der Waals surface area contributed by atoms with Crippen molar-refractivity contribution in [2.45, 2.75) is 13.3 Å². The van der Waals surface area contributed by atoms with Crippen LogP contribution in [0.1, 0.15) is 13.3 Å². The fourth-order valence-electron chi connectivity index (χ4n) is 1.76. The maximum Gasteiger partial charge on any atom is 0.0357 e. The van der Waals surface area contributed by atoms with Crippen LogP contribution in [0.3, 0.4) is 0 Å². The fourth-order valence-corrected chi connectivity index (χ4v) is 1.76. The molecule has 0 atom stereocenters. The zero-order valence-electron chi connectivity index (χ0n) is 10.8. The summed E-state index contributed by atoms with van der Waals surface area (Å²) in [4.78, 5) is 0. The highest BCUT2D eigenvalue weighted by atomic mass is 14.9. The number of anilines is 1. The van der Waals surface area contributed by atoms with E-state index >= 15 is 0 Å². The van der Waals surface area contributed by atoms with Crippen molar-refractivity contribution in [2.24, 2.45) is 0 Å². The van der Waals surface area contributed by atoms with E-state index in [2.05, 4.69) is 67.4 Å². The first-order valence-electron chi connectivity index (χ1n) is 6.35. The van der Waals surface area contributed by atoms with Crippen molar-refractivity contribution in [3.63, 3.8) is 0 Å². The largest absolute Gasteiger partial charge is 0.381 e. The molecule has 0 unspecified atom stereocenters. The lowest BCUT2D eigenvalue weighted by Gasteiger charge is -2.08. The monoisotopic (exact) mass is 237 g/mol. The second kappa shape index (κ2) is 6.06. The van der Waals surface area contributed by atoms with E-state index in [4.69, 9.17) is 0 Å². The average molecular weight is 237 g/mol. The van der Waals surface area contributed by atoms with Gasteiger partial charge in [-0.05, 0) is 29.7 Å². The number of hydrogen-bond donors (Lipinski definition) is 1. The molecule has 2 rings (SSSR count). The molecular formula is C17H19N. The minimum atomic E-state index is 0.848. The van der Waals surface area contributed by atoms with E-state index in [1.54, 1.807) is 0 Å². The molecule has 1 heteroatoms. The Labute approximate surface area is 109 Å². The van der Waals surface area contributed by atoms with Gasteiger partial charge in [0.1, 0.15) is 0 Å². The van der Waals surface area contributed by atoms with Gasteiger partial charge in [-0.3, -0.25) is 0 Å². The molecular weight excluding hydrogens is 218 g/mol. The van der Waals surface area contributed by atoms with E-state index in [0.29, 0.717) is 0 Å². The van der Waals surface area contributed by atoms with Gasteiger partial charge in [-0.25, -0.2) is 0 Å². The van der Waals surface area contributed by atoms with Gasteiger partial charge in [0.2, 0.25) is 0 Å². The Balaban J connectivity index is 2.04. The van der Waals surface area contributed by atoms with Crippen molar-refractivity contribution < 1.29 is 0 Å². The molecule has 2 aromatic carbocycles. The third kappa shape index (κ3) is 3.24. The zero-order chi connectivity index (χ0) is 12.8. The highest BCUT2D eigenvalue weighted by Crippen LogP contribution is 2.21. The maximum atomic E-state index is 3.99. The molecule has 92 valence electrons. The Morgan fingerprint density at radius 3 is 2.17 bits per heavy atom. The van der Waals surface area contributed by atoms with Gasteiger partial charge in [0.05, 0.1) is 0 Å². The van der Waals surface area contributed by atoms with Crippen LogP contribution >= 0.6 is 0 Å². The standard InChI is InChI=1S/C17H19N/c1-3-14(2)13-18-17-11-9-16(10-12-17)15-7-5-4-6-8-15/h4-12,18H,2-3,13H2,1H3. The van der Waals surface area contributed by atoms with Crippen LogP contribution in [0, 0.1) is 0 Å². The molecule has 1 nitrogen and oxygen atoms in total. The van der Waals surface area contributed by atoms with E-state index < -0.39 is 0 Å². The molecule has 0 saturated carbocycles. The Hall–Kier alpha value is -2.02. The molecule has 0 spiro atoms. The first-order valence-corrected chi connectivity index (χ1v) is 6.35. The van der Waals surface area contributed by atoms with Crippen LogP contribution in [0.2, 0.25) is 0 Å². The van der Waals surface area contributed by atoms with Gasteiger partial charge in [-0.1, -0.05) is 61.5 Å². The first-order chi connectivity index (χ1) is 8.79. The van der Waals surface area contributed by atoms with Crippen LogP contribution in [0.5, 0.6) is 0 Å². The molecule has 0 aliphatic rings.